The third kappa shape index (κ3) is 4.32. The van der Waals surface area contributed by atoms with Crippen molar-refractivity contribution in [3.05, 3.63) is 64.7 Å². The molecule has 31 heavy (non-hydrogen) atoms. The number of fused-ring (bicyclic) bond motifs is 1. The van der Waals surface area contributed by atoms with Gasteiger partial charge in [0.25, 0.3) is 5.56 Å². The molecule has 0 atom stereocenters. The highest BCUT2D eigenvalue weighted by atomic mass is 32.2. The van der Waals surface area contributed by atoms with E-state index in [4.69, 9.17) is 0 Å². The van der Waals surface area contributed by atoms with Gasteiger partial charge in [0, 0.05) is 0 Å². The van der Waals surface area contributed by atoms with Gasteiger partial charge < -0.3 is 5.32 Å². The van der Waals surface area contributed by atoms with Gasteiger partial charge in [-0.1, -0.05) is 55.3 Å². The van der Waals surface area contributed by atoms with Crippen LogP contribution < -0.4 is 10.9 Å². The summed E-state index contributed by atoms with van der Waals surface area (Å²) in [4.78, 5) is 30.3. The number of rotatable bonds is 5. The third-order valence-electron chi connectivity index (χ3n) is 5.47. The standard InChI is InChI=1S/C23H21FN4O2S/c24-17-9-3-5-11-19(17)28-21(30)16-8-2-4-10-18(16)26-22(28)31-14-20(29)27-23(15-25)12-6-1-7-13-23/h2-5,8-11H,1,6-7,12-14H2,(H,27,29). The molecule has 1 N–H and O–H groups in total. The summed E-state index contributed by atoms with van der Waals surface area (Å²) >= 11 is 1.05. The molecule has 1 heterocycles. The predicted octanol–water partition coefficient (Wildman–Crippen LogP) is 3.96. The molecule has 1 saturated carbocycles. The van der Waals surface area contributed by atoms with Crippen LogP contribution in [0.2, 0.25) is 0 Å². The molecule has 3 aromatic rings. The van der Waals surface area contributed by atoms with Gasteiger partial charge in [-0.25, -0.2) is 9.37 Å². The smallest absolute Gasteiger partial charge is 0.266 e. The fourth-order valence-electron chi connectivity index (χ4n) is 3.91. The molecule has 8 heteroatoms. The van der Waals surface area contributed by atoms with E-state index in [1.165, 1.54) is 16.7 Å². The molecule has 1 fully saturated rings. The second-order valence-corrected chi connectivity index (χ2v) is 8.54. The van der Waals surface area contributed by atoms with Crippen LogP contribution in [0.1, 0.15) is 32.1 Å². The van der Waals surface area contributed by atoms with E-state index in [-0.39, 0.29) is 22.5 Å². The minimum atomic E-state index is -0.835. The van der Waals surface area contributed by atoms with Crippen molar-refractivity contribution >= 4 is 28.6 Å². The summed E-state index contributed by atoms with van der Waals surface area (Å²) < 4.78 is 15.7. The zero-order chi connectivity index (χ0) is 21.8. The monoisotopic (exact) mass is 436 g/mol. The first-order chi connectivity index (χ1) is 15.0. The fraction of sp³-hybridized carbons (Fsp3) is 0.304. The summed E-state index contributed by atoms with van der Waals surface area (Å²) in [7, 11) is 0. The Kier molecular flexibility index (Phi) is 6.05. The van der Waals surface area contributed by atoms with Gasteiger partial charge >= 0.3 is 0 Å². The maximum absolute atomic E-state index is 14.5. The molecule has 1 amide bonds. The molecule has 1 aliphatic carbocycles. The Balaban J connectivity index is 1.66. The van der Waals surface area contributed by atoms with Crippen molar-refractivity contribution in [3.63, 3.8) is 0 Å². The van der Waals surface area contributed by atoms with Gasteiger partial charge in [0.1, 0.15) is 11.4 Å². The predicted molar refractivity (Wildman–Crippen MR) is 118 cm³/mol. The highest BCUT2D eigenvalue weighted by Gasteiger charge is 2.33. The number of halogens is 1. The number of nitrogens with zero attached hydrogens (tertiary/aromatic N) is 3. The molecule has 0 aliphatic heterocycles. The molecule has 0 radical (unpaired) electrons. The normalized spacial score (nSPS) is 15.4. The zero-order valence-electron chi connectivity index (χ0n) is 16.8. The number of aromatic nitrogens is 2. The molecular formula is C23H21FN4O2S. The second kappa shape index (κ2) is 8.90. The summed E-state index contributed by atoms with van der Waals surface area (Å²) in [6, 6.07) is 15.1. The van der Waals surface area contributed by atoms with Crippen LogP contribution in [0.3, 0.4) is 0 Å². The highest BCUT2D eigenvalue weighted by Crippen LogP contribution is 2.28. The Labute approximate surface area is 183 Å². The summed E-state index contributed by atoms with van der Waals surface area (Å²) in [6.45, 7) is 0. The topological polar surface area (TPSA) is 87.8 Å². The second-order valence-electron chi connectivity index (χ2n) is 7.59. The minimum Gasteiger partial charge on any atom is -0.337 e. The van der Waals surface area contributed by atoms with Crippen molar-refractivity contribution in [1.29, 1.82) is 5.26 Å². The first-order valence-electron chi connectivity index (χ1n) is 10.1. The maximum atomic E-state index is 14.5. The van der Waals surface area contributed by atoms with Crippen molar-refractivity contribution in [3.8, 4) is 11.8 Å². The number of carbonyl (C=O) groups excluding carboxylic acids is 1. The van der Waals surface area contributed by atoms with E-state index >= 15 is 0 Å². The number of nitrogens with one attached hydrogen (secondary N) is 1. The highest BCUT2D eigenvalue weighted by molar-refractivity contribution is 7.99. The summed E-state index contributed by atoms with van der Waals surface area (Å²) in [5, 5.41) is 13.0. The van der Waals surface area contributed by atoms with E-state index in [2.05, 4.69) is 16.4 Å². The molecule has 0 bridgehead atoms. The molecule has 0 spiro atoms. The lowest BCUT2D eigenvalue weighted by Gasteiger charge is -2.31. The average Bonchev–Trinajstić information content (AvgIpc) is 2.79. The van der Waals surface area contributed by atoms with Gasteiger partial charge in [-0.3, -0.25) is 14.2 Å². The van der Waals surface area contributed by atoms with Gasteiger partial charge in [-0.2, -0.15) is 5.26 Å². The van der Waals surface area contributed by atoms with Crippen LogP contribution in [-0.2, 0) is 4.79 Å². The van der Waals surface area contributed by atoms with Crippen molar-refractivity contribution in [2.45, 2.75) is 42.8 Å². The molecule has 0 unspecified atom stereocenters. The van der Waals surface area contributed by atoms with Gasteiger partial charge in [-0.05, 0) is 37.1 Å². The third-order valence-corrected chi connectivity index (χ3v) is 6.41. The minimum absolute atomic E-state index is 0.0390. The van der Waals surface area contributed by atoms with Crippen LogP contribution in [0.5, 0.6) is 0 Å². The van der Waals surface area contributed by atoms with Crippen LogP contribution in [-0.4, -0.2) is 26.8 Å². The van der Waals surface area contributed by atoms with Crippen LogP contribution in [0, 0.1) is 17.1 Å². The Morgan fingerprint density at radius 1 is 1.16 bits per heavy atom. The van der Waals surface area contributed by atoms with E-state index in [0.717, 1.165) is 31.0 Å². The van der Waals surface area contributed by atoms with Gasteiger partial charge in [0.15, 0.2) is 5.16 Å². The number of para-hydroxylation sites is 2. The summed E-state index contributed by atoms with van der Waals surface area (Å²) in [5.74, 6) is -0.905. The lowest BCUT2D eigenvalue weighted by molar-refractivity contribution is -0.120. The average molecular weight is 437 g/mol. The summed E-state index contributed by atoms with van der Waals surface area (Å²) in [5.41, 5.74) is -0.685. The van der Waals surface area contributed by atoms with Crippen LogP contribution in [0.15, 0.2) is 58.5 Å². The molecular weight excluding hydrogens is 415 g/mol. The fourth-order valence-corrected chi connectivity index (χ4v) is 4.71. The van der Waals surface area contributed by atoms with E-state index < -0.39 is 16.9 Å². The number of nitriles is 1. The van der Waals surface area contributed by atoms with E-state index in [1.807, 2.05) is 0 Å². The van der Waals surface area contributed by atoms with Gasteiger partial charge in [0.05, 0.1) is 28.4 Å². The first kappa shape index (κ1) is 21.1. The SMILES string of the molecule is N#CC1(NC(=O)CSc2nc3ccccc3c(=O)n2-c2ccccc2F)CCCCC1. The molecule has 1 aliphatic rings. The molecule has 158 valence electrons. The number of hydrogen-bond acceptors (Lipinski definition) is 5. The summed E-state index contributed by atoms with van der Waals surface area (Å²) in [6.07, 6.45) is 4.13. The van der Waals surface area contributed by atoms with Gasteiger partial charge in [-0.15, -0.1) is 0 Å². The molecule has 4 rings (SSSR count). The lowest BCUT2D eigenvalue weighted by atomic mass is 9.83. The Morgan fingerprint density at radius 2 is 1.87 bits per heavy atom. The van der Waals surface area contributed by atoms with E-state index in [0.29, 0.717) is 23.7 Å². The van der Waals surface area contributed by atoms with E-state index in [9.17, 15) is 19.2 Å². The van der Waals surface area contributed by atoms with Crippen LogP contribution in [0.25, 0.3) is 16.6 Å². The number of amides is 1. The first-order valence-corrected chi connectivity index (χ1v) is 11.1. The van der Waals surface area contributed by atoms with Gasteiger partial charge in [0.2, 0.25) is 5.91 Å². The quantitative estimate of drug-likeness (QED) is 0.483. The van der Waals surface area contributed by atoms with Crippen molar-refractivity contribution in [1.82, 2.24) is 14.9 Å². The maximum Gasteiger partial charge on any atom is 0.266 e. The van der Waals surface area contributed by atoms with Crippen LogP contribution >= 0.6 is 11.8 Å². The number of thioether (sulfide) groups is 1. The van der Waals surface area contributed by atoms with Crippen LogP contribution in [0.4, 0.5) is 4.39 Å². The molecule has 6 nitrogen and oxygen atoms in total. The Hall–Kier alpha value is -3.18. The molecule has 0 saturated heterocycles. The number of hydrogen-bond donors (Lipinski definition) is 1. The Bertz CT molecular complexity index is 1230. The number of carbonyl (C=O) groups is 1. The van der Waals surface area contributed by atoms with E-state index in [1.54, 1.807) is 36.4 Å². The lowest BCUT2D eigenvalue weighted by Crippen LogP contribution is -2.49. The zero-order valence-corrected chi connectivity index (χ0v) is 17.6. The molecule has 2 aromatic carbocycles. The van der Waals surface area contributed by atoms with Crippen molar-refractivity contribution < 1.29 is 9.18 Å². The van der Waals surface area contributed by atoms with Crippen molar-refractivity contribution in [2.75, 3.05) is 5.75 Å². The van der Waals surface area contributed by atoms with Crippen molar-refractivity contribution in [2.24, 2.45) is 0 Å². The largest absolute Gasteiger partial charge is 0.337 e. The number of benzene rings is 2. The molecule has 1 aromatic heterocycles. The Morgan fingerprint density at radius 3 is 2.61 bits per heavy atom.